The molecule has 112 valence electrons. The van der Waals surface area contributed by atoms with Gasteiger partial charge in [-0.15, -0.1) is 0 Å². The van der Waals surface area contributed by atoms with Gasteiger partial charge in [0.25, 0.3) is 0 Å². The number of nitrogens with two attached hydrogens (primary N) is 1. The molecule has 0 amide bonds. The predicted octanol–water partition coefficient (Wildman–Crippen LogP) is 1.31. The zero-order valence-electron chi connectivity index (χ0n) is 11.4. The molecule has 6 nitrogen and oxygen atoms in total. The highest BCUT2D eigenvalue weighted by molar-refractivity contribution is 5.90. The Kier molecular flexibility index (Phi) is 5.29. The average molecular weight is 286 g/mol. The van der Waals surface area contributed by atoms with E-state index < -0.39 is 23.0 Å². The Bertz CT molecular complexity index is 492. The van der Waals surface area contributed by atoms with E-state index >= 15 is 0 Å². The van der Waals surface area contributed by atoms with Crippen molar-refractivity contribution < 1.29 is 24.1 Å². The standard InChI is InChI=1S/C13H19FN2O4/c1-13(19,3-4-20-2)7-16-11-6-9(14)8(12(17)18)5-10(11)15/h5-6,16,19H,3-4,7,15H2,1-2H3,(H,17,18). The Balaban J connectivity index is 2.79. The number of nitrogen functional groups attached to an aromatic ring is 1. The summed E-state index contributed by atoms with van der Waals surface area (Å²) in [6.45, 7) is 2.13. The fourth-order valence-electron chi connectivity index (χ4n) is 1.60. The predicted molar refractivity (Wildman–Crippen MR) is 73.4 cm³/mol. The lowest BCUT2D eigenvalue weighted by molar-refractivity contribution is 0.0357. The molecule has 0 aromatic heterocycles. The van der Waals surface area contributed by atoms with Gasteiger partial charge < -0.3 is 26.0 Å². The van der Waals surface area contributed by atoms with E-state index in [4.69, 9.17) is 15.6 Å². The molecule has 1 aromatic rings. The maximum Gasteiger partial charge on any atom is 0.338 e. The molecular weight excluding hydrogens is 267 g/mol. The minimum absolute atomic E-state index is 0.103. The number of hydrogen-bond acceptors (Lipinski definition) is 5. The van der Waals surface area contributed by atoms with Crippen molar-refractivity contribution in [1.29, 1.82) is 0 Å². The molecule has 0 saturated heterocycles. The number of anilines is 2. The number of methoxy groups -OCH3 is 1. The number of aliphatic hydroxyl groups is 1. The van der Waals surface area contributed by atoms with Crippen LogP contribution in [-0.2, 0) is 4.74 Å². The Morgan fingerprint density at radius 2 is 2.20 bits per heavy atom. The first kappa shape index (κ1) is 16.2. The lowest BCUT2D eigenvalue weighted by Gasteiger charge is -2.24. The van der Waals surface area contributed by atoms with Crippen LogP contribution in [0.5, 0.6) is 0 Å². The fourth-order valence-corrected chi connectivity index (χ4v) is 1.60. The van der Waals surface area contributed by atoms with Gasteiger partial charge in [0.1, 0.15) is 5.82 Å². The van der Waals surface area contributed by atoms with Gasteiger partial charge >= 0.3 is 5.97 Å². The highest BCUT2D eigenvalue weighted by atomic mass is 19.1. The molecule has 1 atom stereocenters. The molecule has 0 radical (unpaired) electrons. The van der Waals surface area contributed by atoms with Crippen LogP contribution in [0.4, 0.5) is 15.8 Å². The number of carboxylic acid groups (broad SMARTS) is 1. The Labute approximate surface area is 116 Å². The summed E-state index contributed by atoms with van der Waals surface area (Å²) in [6, 6.07) is 2.05. The second-order valence-electron chi connectivity index (χ2n) is 4.82. The maximum atomic E-state index is 13.5. The van der Waals surface area contributed by atoms with Crippen LogP contribution in [0.25, 0.3) is 0 Å². The number of carboxylic acids is 1. The number of benzene rings is 1. The summed E-state index contributed by atoms with van der Waals surface area (Å²) in [7, 11) is 1.53. The van der Waals surface area contributed by atoms with Crippen molar-refractivity contribution in [3.8, 4) is 0 Å². The number of ether oxygens (including phenoxy) is 1. The molecule has 0 spiro atoms. The van der Waals surface area contributed by atoms with E-state index in [1.165, 1.54) is 7.11 Å². The molecule has 5 N–H and O–H groups in total. The highest BCUT2D eigenvalue weighted by Crippen LogP contribution is 2.24. The van der Waals surface area contributed by atoms with E-state index in [0.717, 1.165) is 12.1 Å². The van der Waals surface area contributed by atoms with E-state index in [9.17, 15) is 14.3 Å². The van der Waals surface area contributed by atoms with E-state index in [2.05, 4.69) is 5.32 Å². The topological polar surface area (TPSA) is 105 Å². The van der Waals surface area contributed by atoms with Gasteiger partial charge in [-0.05, 0) is 19.1 Å². The molecule has 1 unspecified atom stereocenters. The molecule has 0 aliphatic rings. The van der Waals surface area contributed by atoms with Crippen molar-refractivity contribution >= 4 is 17.3 Å². The van der Waals surface area contributed by atoms with Crippen molar-refractivity contribution in [1.82, 2.24) is 0 Å². The van der Waals surface area contributed by atoms with Crippen LogP contribution < -0.4 is 11.1 Å². The lowest BCUT2D eigenvalue weighted by atomic mass is 10.0. The van der Waals surface area contributed by atoms with Gasteiger partial charge in [-0.2, -0.15) is 0 Å². The molecule has 0 aliphatic carbocycles. The minimum Gasteiger partial charge on any atom is -0.478 e. The molecule has 0 heterocycles. The normalized spacial score (nSPS) is 13.8. The minimum atomic E-state index is -1.38. The summed E-state index contributed by atoms with van der Waals surface area (Å²) < 4.78 is 18.4. The molecule has 1 aromatic carbocycles. The smallest absolute Gasteiger partial charge is 0.338 e. The lowest BCUT2D eigenvalue weighted by Crippen LogP contribution is -2.34. The third-order valence-corrected chi connectivity index (χ3v) is 2.87. The quantitative estimate of drug-likeness (QED) is 0.563. The van der Waals surface area contributed by atoms with Crippen molar-refractivity contribution in [2.45, 2.75) is 18.9 Å². The van der Waals surface area contributed by atoms with Gasteiger partial charge in [0.05, 0.1) is 22.5 Å². The largest absolute Gasteiger partial charge is 0.478 e. The summed E-state index contributed by atoms with van der Waals surface area (Å²) in [5, 5.41) is 21.6. The summed E-state index contributed by atoms with van der Waals surface area (Å²) in [5.74, 6) is -2.27. The monoisotopic (exact) mass is 286 g/mol. The zero-order chi connectivity index (χ0) is 15.3. The van der Waals surface area contributed by atoms with E-state index in [1.54, 1.807) is 6.92 Å². The van der Waals surface area contributed by atoms with Crippen LogP contribution >= 0.6 is 0 Å². The maximum absolute atomic E-state index is 13.5. The summed E-state index contributed by atoms with van der Waals surface area (Å²) in [4.78, 5) is 10.8. The first-order valence-electron chi connectivity index (χ1n) is 6.04. The number of carbonyl (C=O) groups is 1. The summed E-state index contributed by atoms with van der Waals surface area (Å²) >= 11 is 0. The first-order chi connectivity index (χ1) is 9.26. The molecule has 0 fully saturated rings. The third kappa shape index (κ3) is 4.36. The summed E-state index contributed by atoms with van der Waals surface area (Å²) in [6.07, 6.45) is 0.395. The number of aromatic carboxylic acids is 1. The van der Waals surface area contributed by atoms with E-state index in [-0.39, 0.29) is 17.9 Å². The highest BCUT2D eigenvalue weighted by Gasteiger charge is 2.21. The van der Waals surface area contributed by atoms with Gasteiger partial charge in [0.2, 0.25) is 0 Å². The van der Waals surface area contributed by atoms with Gasteiger partial charge in [-0.3, -0.25) is 0 Å². The number of halogens is 1. The first-order valence-corrected chi connectivity index (χ1v) is 6.04. The zero-order valence-corrected chi connectivity index (χ0v) is 11.4. The number of nitrogens with one attached hydrogen (secondary N) is 1. The van der Waals surface area contributed by atoms with Crippen LogP contribution in [0.1, 0.15) is 23.7 Å². The third-order valence-electron chi connectivity index (χ3n) is 2.87. The number of rotatable bonds is 7. The molecule has 20 heavy (non-hydrogen) atoms. The fraction of sp³-hybridized carbons (Fsp3) is 0.462. The second kappa shape index (κ2) is 6.53. The molecule has 0 saturated carbocycles. The van der Waals surface area contributed by atoms with Gasteiger partial charge in [-0.25, -0.2) is 9.18 Å². The van der Waals surface area contributed by atoms with Crippen LogP contribution in [0.3, 0.4) is 0 Å². The molecule has 1 rings (SSSR count). The van der Waals surface area contributed by atoms with Crippen molar-refractivity contribution in [3.63, 3.8) is 0 Å². The SMILES string of the molecule is COCCC(C)(O)CNc1cc(F)c(C(=O)O)cc1N. The molecule has 0 bridgehead atoms. The van der Waals surface area contributed by atoms with Crippen LogP contribution in [0.2, 0.25) is 0 Å². The van der Waals surface area contributed by atoms with Crippen molar-refractivity contribution in [2.24, 2.45) is 0 Å². The van der Waals surface area contributed by atoms with Gasteiger partial charge in [0, 0.05) is 26.7 Å². The summed E-state index contributed by atoms with van der Waals surface area (Å²) in [5.41, 5.74) is 4.46. The number of hydrogen-bond donors (Lipinski definition) is 4. The Morgan fingerprint density at radius 3 is 2.75 bits per heavy atom. The molecule has 7 heteroatoms. The Morgan fingerprint density at radius 1 is 1.55 bits per heavy atom. The van der Waals surface area contributed by atoms with Crippen LogP contribution in [0, 0.1) is 5.82 Å². The Hall–Kier alpha value is -1.86. The van der Waals surface area contributed by atoms with E-state index in [0.29, 0.717) is 13.0 Å². The van der Waals surface area contributed by atoms with Gasteiger partial charge in [-0.1, -0.05) is 0 Å². The van der Waals surface area contributed by atoms with Crippen LogP contribution in [0.15, 0.2) is 12.1 Å². The van der Waals surface area contributed by atoms with Crippen molar-refractivity contribution in [3.05, 3.63) is 23.5 Å². The second-order valence-corrected chi connectivity index (χ2v) is 4.82. The average Bonchev–Trinajstić information content (AvgIpc) is 2.36. The van der Waals surface area contributed by atoms with Gasteiger partial charge in [0.15, 0.2) is 0 Å². The molecular formula is C13H19FN2O4. The van der Waals surface area contributed by atoms with Crippen LogP contribution in [-0.4, -0.2) is 42.0 Å². The van der Waals surface area contributed by atoms with Crippen molar-refractivity contribution in [2.75, 3.05) is 31.3 Å². The molecule has 0 aliphatic heterocycles. The van der Waals surface area contributed by atoms with E-state index in [1.807, 2.05) is 0 Å².